The molecule has 0 fully saturated rings. The van der Waals surface area contributed by atoms with Crippen LogP contribution in [-0.2, 0) is 9.84 Å². The molecule has 0 saturated heterocycles. The predicted octanol–water partition coefficient (Wildman–Crippen LogP) is 5.13. The molecule has 0 unspecified atom stereocenters. The van der Waals surface area contributed by atoms with Gasteiger partial charge in [0.15, 0.2) is 11.5 Å². The van der Waals surface area contributed by atoms with E-state index in [1.54, 1.807) is 24.3 Å². The lowest BCUT2D eigenvalue weighted by atomic mass is 10.2. The quantitative estimate of drug-likeness (QED) is 0.574. The first-order valence-corrected chi connectivity index (χ1v) is 10.2. The molecule has 8 heteroatoms. The third-order valence-electron chi connectivity index (χ3n) is 3.53. The van der Waals surface area contributed by atoms with Crippen molar-refractivity contribution in [1.82, 2.24) is 0 Å². The van der Waals surface area contributed by atoms with Crippen molar-refractivity contribution in [2.45, 2.75) is 18.2 Å². The van der Waals surface area contributed by atoms with E-state index in [4.69, 9.17) is 32.7 Å². The number of methoxy groups -OCH3 is 1. The number of sulfone groups is 1. The van der Waals surface area contributed by atoms with Gasteiger partial charge in [0, 0.05) is 5.02 Å². The Morgan fingerprint density at radius 2 is 1.93 bits per heavy atom. The molecule has 0 N–H and O–H groups in total. The zero-order valence-corrected chi connectivity index (χ0v) is 17.0. The van der Waals surface area contributed by atoms with Crippen molar-refractivity contribution in [3.63, 3.8) is 0 Å². The van der Waals surface area contributed by atoms with Crippen molar-refractivity contribution in [1.29, 1.82) is 5.26 Å². The molecule has 27 heavy (non-hydrogen) atoms. The van der Waals surface area contributed by atoms with E-state index in [1.807, 2.05) is 6.92 Å². The summed E-state index contributed by atoms with van der Waals surface area (Å²) in [5, 5.41) is 9.62. The second-order valence-electron chi connectivity index (χ2n) is 5.46. The lowest BCUT2D eigenvalue weighted by molar-refractivity contribution is 0.294. The SMILES string of the molecule is CCCOc1cc(/C=C(\C#N)S(=O)(=O)c2cc(Cl)ccc2Cl)ccc1OC. The van der Waals surface area contributed by atoms with Crippen LogP contribution >= 0.6 is 23.2 Å². The van der Waals surface area contributed by atoms with Gasteiger partial charge >= 0.3 is 0 Å². The Bertz CT molecular complexity index is 1010. The number of allylic oxidation sites excluding steroid dienone is 1. The number of ether oxygens (including phenoxy) is 2. The van der Waals surface area contributed by atoms with Crippen LogP contribution in [0.5, 0.6) is 11.5 Å². The Kier molecular flexibility index (Phi) is 7.14. The summed E-state index contributed by atoms with van der Waals surface area (Å²) in [6.45, 7) is 2.44. The van der Waals surface area contributed by atoms with Crippen LogP contribution < -0.4 is 9.47 Å². The molecule has 0 saturated carbocycles. The second kappa shape index (κ2) is 9.14. The lowest BCUT2D eigenvalue weighted by Gasteiger charge is -2.11. The largest absolute Gasteiger partial charge is 0.493 e. The lowest BCUT2D eigenvalue weighted by Crippen LogP contribution is -2.04. The van der Waals surface area contributed by atoms with Gasteiger partial charge < -0.3 is 9.47 Å². The van der Waals surface area contributed by atoms with E-state index in [0.29, 0.717) is 23.7 Å². The predicted molar refractivity (Wildman–Crippen MR) is 106 cm³/mol. The summed E-state index contributed by atoms with van der Waals surface area (Å²) in [5.41, 5.74) is 0.472. The van der Waals surface area contributed by atoms with Gasteiger partial charge in [0.2, 0.25) is 9.84 Å². The molecule has 0 heterocycles. The Hall–Kier alpha value is -2.20. The number of benzene rings is 2. The maximum atomic E-state index is 12.8. The molecule has 0 aliphatic carbocycles. The van der Waals surface area contributed by atoms with E-state index in [9.17, 15) is 13.7 Å². The molecule has 0 aromatic heterocycles. The molecular formula is C19H17Cl2NO4S. The number of nitriles is 1. The van der Waals surface area contributed by atoms with Crippen LogP contribution in [0.2, 0.25) is 10.0 Å². The summed E-state index contributed by atoms with van der Waals surface area (Å²) in [4.78, 5) is -0.682. The van der Waals surface area contributed by atoms with Crippen LogP contribution in [0.4, 0.5) is 0 Å². The minimum Gasteiger partial charge on any atom is -0.493 e. The fourth-order valence-corrected chi connectivity index (χ4v) is 4.15. The summed E-state index contributed by atoms with van der Waals surface area (Å²) < 4.78 is 36.5. The zero-order valence-electron chi connectivity index (χ0n) is 14.7. The van der Waals surface area contributed by atoms with Gasteiger partial charge in [0.1, 0.15) is 11.0 Å². The molecule has 2 aromatic carbocycles. The van der Waals surface area contributed by atoms with Crippen molar-refractivity contribution in [3.05, 3.63) is 56.9 Å². The van der Waals surface area contributed by atoms with Gasteiger partial charge in [-0.3, -0.25) is 0 Å². The van der Waals surface area contributed by atoms with Gasteiger partial charge in [0.25, 0.3) is 0 Å². The monoisotopic (exact) mass is 425 g/mol. The average molecular weight is 426 g/mol. The molecule has 142 valence electrons. The maximum Gasteiger partial charge on any atom is 0.218 e. The Labute approximate surface area is 168 Å². The van der Waals surface area contributed by atoms with Gasteiger partial charge in [-0.2, -0.15) is 5.26 Å². The van der Waals surface area contributed by atoms with E-state index in [0.717, 1.165) is 6.42 Å². The van der Waals surface area contributed by atoms with E-state index >= 15 is 0 Å². The van der Waals surface area contributed by atoms with Crippen molar-refractivity contribution in [2.75, 3.05) is 13.7 Å². The first kappa shape index (κ1) is 21.1. The zero-order chi connectivity index (χ0) is 20.0. The Balaban J connectivity index is 2.52. The molecular weight excluding hydrogens is 409 g/mol. The van der Waals surface area contributed by atoms with Crippen LogP contribution in [0, 0.1) is 11.3 Å². The van der Waals surface area contributed by atoms with Crippen molar-refractivity contribution < 1.29 is 17.9 Å². The number of hydrogen-bond acceptors (Lipinski definition) is 5. The van der Waals surface area contributed by atoms with Crippen molar-refractivity contribution in [2.24, 2.45) is 0 Å². The van der Waals surface area contributed by atoms with Gasteiger partial charge in [0.05, 0.1) is 23.6 Å². The summed E-state index contributed by atoms with van der Waals surface area (Å²) in [6, 6.07) is 10.7. The molecule has 2 aromatic rings. The van der Waals surface area contributed by atoms with Crippen LogP contribution in [-0.4, -0.2) is 22.1 Å². The maximum absolute atomic E-state index is 12.8. The fraction of sp³-hybridized carbons (Fsp3) is 0.211. The normalized spacial score (nSPS) is 11.7. The molecule has 5 nitrogen and oxygen atoms in total. The van der Waals surface area contributed by atoms with E-state index in [2.05, 4.69) is 0 Å². The van der Waals surface area contributed by atoms with Gasteiger partial charge in [-0.25, -0.2) is 8.42 Å². The highest BCUT2D eigenvalue weighted by molar-refractivity contribution is 7.95. The van der Waals surface area contributed by atoms with Gasteiger partial charge in [-0.05, 0) is 48.4 Å². The average Bonchev–Trinajstić information content (AvgIpc) is 2.66. The standard InChI is InChI=1S/C19H17Cl2NO4S/c1-3-8-26-18-10-13(4-7-17(18)25-2)9-15(12-22)27(23,24)19-11-14(20)5-6-16(19)21/h4-7,9-11H,3,8H2,1-2H3/b15-9+. The summed E-state index contributed by atoms with van der Waals surface area (Å²) in [7, 11) is -2.63. The minimum atomic E-state index is -4.14. The highest BCUT2D eigenvalue weighted by Crippen LogP contribution is 2.32. The number of rotatable bonds is 7. The van der Waals surface area contributed by atoms with Crippen molar-refractivity contribution in [3.8, 4) is 17.6 Å². The molecule has 0 amide bonds. The Morgan fingerprint density at radius 3 is 2.56 bits per heavy atom. The van der Waals surface area contributed by atoms with Gasteiger partial charge in [-0.15, -0.1) is 0 Å². The van der Waals surface area contributed by atoms with Crippen LogP contribution in [0.1, 0.15) is 18.9 Å². The third-order valence-corrected chi connectivity index (χ3v) is 5.91. The third kappa shape index (κ3) is 4.95. The number of nitrogens with zero attached hydrogens (tertiary/aromatic N) is 1. The molecule has 0 aliphatic rings. The highest BCUT2D eigenvalue weighted by atomic mass is 35.5. The molecule has 2 rings (SSSR count). The first-order valence-electron chi connectivity index (χ1n) is 7.96. The summed E-state index contributed by atoms with van der Waals surface area (Å²) in [5.74, 6) is 0.975. The smallest absolute Gasteiger partial charge is 0.218 e. The topological polar surface area (TPSA) is 76.4 Å². The second-order valence-corrected chi connectivity index (χ2v) is 8.19. The van der Waals surface area contributed by atoms with E-state index < -0.39 is 14.7 Å². The Morgan fingerprint density at radius 1 is 1.19 bits per heavy atom. The molecule has 0 spiro atoms. The van der Waals surface area contributed by atoms with Gasteiger partial charge in [-0.1, -0.05) is 36.2 Å². The summed E-state index contributed by atoms with van der Waals surface area (Å²) in [6.07, 6.45) is 2.05. The molecule has 0 atom stereocenters. The molecule has 0 aliphatic heterocycles. The number of hydrogen-bond donors (Lipinski definition) is 0. The van der Waals surface area contributed by atoms with E-state index in [1.165, 1.54) is 31.4 Å². The van der Waals surface area contributed by atoms with Crippen LogP contribution in [0.25, 0.3) is 6.08 Å². The summed E-state index contributed by atoms with van der Waals surface area (Å²) >= 11 is 11.9. The van der Waals surface area contributed by atoms with Crippen LogP contribution in [0.3, 0.4) is 0 Å². The fourth-order valence-electron chi connectivity index (χ4n) is 2.23. The van der Waals surface area contributed by atoms with Crippen LogP contribution in [0.15, 0.2) is 46.2 Å². The highest BCUT2D eigenvalue weighted by Gasteiger charge is 2.24. The molecule has 0 radical (unpaired) electrons. The first-order chi connectivity index (χ1) is 12.8. The van der Waals surface area contributed by atoms with Crippen molar-refractivity contribution >= 4 is 39.1 Å². The number of halogens is 2. The minimum absolute atomic E-state index is 0.0118. The van der Waals surface area contributed by atoms with E-state index in [-0.39, 0.29) is 14.9 Å². The molecule has 0 bridgehead atoms.